The van der Waals surface area contributed by atoms with Crippen molar-refractivity contribution < 1.29 is 64.6 Å². The first-order valence-corrected chi connectivity index (χ1v) is 34.4. The van der Waals surface area contributed by atoms with Crippen molar-refractivity contribution in [2.45, 2.75) is 389 Å². The number of allylic oxidation sites excluding steroid dienone is 1. The van der Waals surface area contributed by atoms with Gasteiger partial charge in [0, 0.05) is 6.42 Å². The zero-order valence-electron chi connectivity index (χ0n) is 52.1. The normalized spacial score (nSPS) is 24.1. The fourth-order valence-corrected chi connectivity index (χ4v) is 11.7. The van der Waals surface area contributed by atoms with Crippen molar-refractivity contribution in [3.8, 4) is 0 Å². The first kappa shape index (κ1) is 75.8. The molecule has 2 aliphatic rings. The first-order valence-electron chi connectivity index (χ1n) is 34.4. The van der Waals surface area contributed by atoms with E-state index in [1.54, 1.807) is 6.08 Å². The third-order valence-corrected chi connectivity index (χ3v) is 17.2. The minimum atomic E-state index is -1.79. The van der Waals surface area contributed by atoms with Crippen LogP contribution < -0.4 is 5.32 Å². The zero-order valence-corrected chi connectivity index (χ0v) is 52.1. The molecule has 0 aromatic heterocycles. The smallest absolute Gasteiger partial charge is 0.220 e. The van der Waals surface area contributed by atoms with E-state index in [9.17, 15) is 45.6 Å². The Morgan fingerprint density at radius 2 is 0.765 bits per heavy atom. The third-order valence-electron chi connectivity index (χ3n) is 17.2. The number of hydrogen-bond acceptors (Lipinski definition) is 13. The lowest BCUT2D eigenvalue weighted by atomic mass is 9.97. The molecule has 2 aliphatic heterocycles. The Labute approximate surface area is 495 Å². The second kappa shape index (κ2) is 53.0. The standard InChI is InChI=1S/C67H129NO13/c1-3-5-7-9-11-13-15-17-19-20-21-22-23-24-25-26-27-28-29-30-31-32-33-34-35-36-37-39-41-43-45-47-49-51-59(72)68-55(56(71)50-48-46-44-42-40-38-18-16-14-12-10-8-6-4-2)54-78-66-64(77)62(75)65(58(53-70)80-66)81-67-63(76)61(74)60(73)57(52-69)79-67/h48,50,55-58,60-67,69-71,73-77H,3-47,49,51-54H2,1-2H3,(H,68,72)/b50-48+/t55-,56+,57+,58+,60-,61?,62?,63?,64?,65+,66+,67-/m0/s1. The van der Waals surface area contributed by atoms with Crippen molar-refractivity contribution in [1.82, 2.24) is 5.32 Å². The van der Waals surface area contributed by atoms with E-state index in [4.69, 9.17) is 18.9 Å². The quantitative estimate of drug-likeness (QED) is 0.0204. The van der Waals surface area contributed by atoms with E-state index in [-0.39, 0.29) is 18.9 Å². The molecular weight excluding hydrogens is 1030 g/mol. The maximum atomic E-state index is 13.3. The van der Waals surface area contributed by atoms with Crippen LogP contribution in [0.25, 0.3) is 0 Å². The molecule has 2 rings (SSSR count). The summed E-state index contributed by atoms with van der Waals surface area (Å²) in [5.41, 5.74) is 0. The largest absolute Gasteiger partial charge is 0.394 e. The van der Waals surface area contributed by atoms with Crippen molar-refractivity contribution in [2.75, 3.05) is 19.8 Å². The highest BCUT2D eigenvalue weighted by atomic mass is 16.7. The lowest BCUT2D eigenvalue weighted by Gasteiger charge is -2.46. The monoisotopic (exact) mass is 1160 g/mol. The van der Waals surface area contributed by atoms with Gasteiger partial charge in [0.2, 0.25) is 5.91 Å². The summed E-state index contributed by atoms with van der Waals surface area (Å²) >= 11 is 0. The predicted octanol–water partition coefficient (Wildman–Crippen LogP) is 13.4. The fourth-order valence-electron chi connectivity index (χ4n) is 11.7. The van der Waals surface area contributed by atoms with Gasteiger partial charge in [0.05, 0.1) is 32.0 Å². The van der Waals surface area contributed by atoms with Gasteiger partial charge in [-0.1, -0.05) is 302 Å². The minimum absolute atomic E-state index is 0.232. The van der Waals surface area contributed by atoms with Crippen LogP contribution in [0.15, 0.2) is 12.2 Å². The van der Waals surface area contributed by atoms with Crippen molar-refractivity contribution in [3.05, 3.63) is 12.2 Å². The van der Waals surface area contributed by atoms with Gasteiger partial charge in [0.25, 0.3) is 0 Å². The number of aliphatic hydroxyl groups is 8. The average Bonchev–Trinajstić information content (AvgIpc) is 3.63. The topological polar surface area (TPSA) is 228 Å². The molecule has 0 saturated carbocycles. The van der Waals surface area contributed by atoms with Crippen LogP contribution >= 0.6 is 0 Å². The van der Waals surface area contributed by atoms with Crippen molar-refractivity contribution in [2.24, 2.45) is 0 Å². The highest BCUT2D eigenvalue weighted by Gasteiger charge is 2.51. The molecule has 9 N–H and O–H groups in total. The van der Waals surface area contributed by atoms with Gasteiger partial charge in [-0.05, 0) is 19.3 Å². The van der Waals surface area contributed by atoms with Crippen molar-refractivity contribution in [3.63, 3.8) is 0 Å². The Balaban J connectivity index is 1.60. The molecule has 0 bridgehead atoms. The molecule has 2 fully saturated rings. The molecule has 0 radical (unpaired) electrons. The van der Waals surface area contributed by atoms with Gasteiger partial charge in [-0.25, -0.2) is 0 Å². The summed E-state index contributed by atoms with van der Waals surface area (Å²) in [6.45, 7) is 2.84. The van der Waals surface area contributed by atoms with E-state index in [1.165, 1.54) is 250 Å². The van der Waals surface area contributed by atoms with E-state index in [0.29, 0.717) is 6.42 Å². The highest BCUT2D eigenvalue weighted by molar-refractivity contribution is 5.76. The van der Waals surface area contributed by atoms with E-state index >= 15 is 0 Å². The first-order chi connectivity index (χ1) is 39.6. The highest BCUT2D eigenvalue weighted by Crippen LogP contribution is 2.30. The van der Waals surface area contributed by atoms with E-state index in [0.717, 1.165) is 38.5 Å². The van der Waals surface area contributed by atoms with Gasteiger partial charge in [-0.15, -0.1) is 0 Å². The number of amides is 1. The molecule has 0 aromatic carbocycles. The summed E-state index contributed by atoms with van der Waals surface area (Å²) < 4.78 is 22.8. The van der Waals surface area contributed by atoms with Gasteiger partial charge in [0.1, 0.15) is 48.8 Å². The summed E-state index contributed by atoms with van der Waals surface area (Å²) in [6.07, 6.45) is 47.2. The van der Waals surface area contributed by atoms with Crippen LogP contribution in [0, 0.1) is 0 Å². The molecule has 480 valence electrons. The second-order valence-corrected chi connectivity index (χ2v) is 24.7. The number of carbonyl (C=O) groups is 1. The number of unbranched alkanes of at least 4 members (excludes halogenated alkanes) is 44. The van der Waals surface area contributed by atoms with E-state index in [1.807, 2.05) is 6.08 Å². The van der Waals surface area contributed by atoms with Crippen LogP contribution in [0.2, 0.25) is 0 Å². The molecular formula is C67H129NO13. The Hall–Kier alpha value is -1.27. The maximum Gasteiger partial charge on any atom is 0.220 e. The second-order valence-electron chi connectivity index (χ2n) is 24.7. The molecule has 0 spiro atoms. The Morgan fingerprint density at radius 1 is 0.432 bits per heavy atom. The van der Waals surface area contributed by atoms with Crippen molar-refractivity contribution in [1.29, 1.82) is 0 Å². The SMILES string of the molecule is CCCCCCCCCCCCCC/C=C/[C@@H](O)[C@H](CO[C@@H]1O[C@H](CO)[C@@H](O[C@@H]2O[C@H](CO)[C@H](O)C(O)C2O)C(O)C1O)NC(=O)CCCCCCCCCCCCCCCCCCCCCCCCCCCCCCCCCCC. The van der Waals surface area contributed by atoms with Crippen molar-refractivity contribution >= 4 is 5.91 Å². The van der Waals surface area contributed by atoms with Gasteiger partial charge >= 0.3 is 0 Å². The molecule has 2 heterocycles. The van der Waals surface area contributed by atoms with Crippen LogP contribution in [0.1, 0.15) is 316 Å². The number of aliphatic hydroxyl groups excluding tert-OH is 8. The molecule has 2 saturated heterocycles. The summed E-state index contributed by atoms with van der Waals surface area (Å²) in [5.74, 6) is -0.232. The number of carbonyl (C=O) groups excluding carboxylic acids is 1. The zero-order chi connectivity index (χ0) is 58.8. The van der Waals surface area contributed by atoms with E-state index in [2.05, 4.69) is 19.2 Å². The fraction of sp³-hybridized carbons (Fsp3) is 0.955. The summed E-state index contributed by atoms with van der Waals surface area (Å²) in [6, 6.07) is -0.910. The van der Waals surface area contributed by atoms with E-state index < -0.39 is 86.8 Å². The van der Waals surface area contributed by atoms with Gasteiger partial charge in [-0.2, -0.15) is 0 Å². The summed E-state index contributed by atoms with van der Waals surface area (Å²) in [4.78, 5) is 13.3. The molecule has 0 aliphatic carbocycles. The Kier molecular flexibility index (Phi) is 49.6. The van der Waals surface area contributed by atoms with Gasteiger partial charge < -0.3 is 65.1 Å². The molecule has 1 amide bonds. The molecule has 81 heavy (non-hydrogen) atoms. The maximum absolute atomic E-state index is 13.3. The van der Waals surface area contributed by atoms with Crippen LogP contribution in [0.4, 0.5) is 0 Å². The predicted molar refractivity (Wildman–Crippen MR) is 328 cm³/mol. The Morgan fingerprint density at radius 3 is 1.14 bits per heavy atom. The van der Waals surface area contributed by atoms with Crippen LogP contribution in [-0.4, -0.2) is 140 Å². The van der Waals surface area contributed by atoms with Crippen LogP contribution in [0.5, 0.6) is 0 Å². The number of rotatable bonds is 57. The average molecular weight is 1160 g/mol. The van der Waals surface area contributed by atoms with Gasteiger partial charge in [0.15, 0.2) is 12.6 Å². The number of ether oxygens (including phenoxy) is 4. The molecule has 14 heteroatoms. The van der Waals surface area contributed by atoms with Crippen LogP contribution in [0.3, 0.4) is 0 Å². The minimum Gasteiger partial charge on any atom is -0.394 e. The van der Waals surface area contributed by atoms with Crippen LogP contribution in [-0.2, 0) is 23.7 Å². The number of nitrogens with one attached hydrogen (secondary N) is 1. The lowest BCUT2D eigenvalue weighted by Crippen LogP contribution is -2.65. The molecule has 4 unspecified atom stereocenters. The third kappa shape index (κ3) is 37.8. The molecule has 12 atom stereocenters. The summed E-state index contributed by atoms with van der Waals surface area (Å²) in [5, 5.41) is 87.2. The molecule has 0 aromatic rings. The summed E-state index contributed by atoms with van der Waals surface area (Å²) in [7, 11) is 0. The molecule has 14 nitrogen and oxygen atoms in total. The Bertz CT molecular complexity index is 1410. The number of hydrogen-bond donors (Lipinski definition) is 9. The lowest BCUT2D eigenvalue weighted by molar-refractivity contribution is -0.359. The van der Waals surface area contributed by atoms with Gasteiger partial charge in [-0.3, -0.25) is 4.79 Å².